The molecule has 0 bridgehead atoms. The Hall–Kier alpha value is -14.2. The average Bonchev–Trinajstić information content (AvgIpc) is 1.60. The summed E-state index contributed by atoms with van der Waals surface area (Å²) in [4.78, 5) is 108. The van der Waals surface area contributed by atoms with Gasteiger partial charge in [0, 0.05) is 42.9 Å². The summed E-state index contributed by atoms with van der Waals surface area (Å²) in [5.41, 5.74) is 6.92. The number of carboxylic acids is 1. The summed E-state index contributed by atoms with van der Waals surface area (Å²) in [6, 6.07) is 42.2. The van der Waals surface area contributed by atoms with E-state index in [1.165, 1.54) is 88.2 Å². The number of aliphatic hydroxyl groups excluding tert-OH is 3. The smallest absolute Gasteiger partial charge is 0.301 e. The molecule has 9 heterocycles. The minimum atomic E-state index is -1.02. The zero-order chi connectivity index (χ0) is 85.8. The number of carboxylic acid groups (broad SMARTS) is 1. The van der Waals surface area contributed by atoms with E-state index in [-0.39, 0.29) is 102 Å². The molecule has 0 spiro atoms. The molecule has 618 valence electrons. The van der Waals surface area contributed by atoms with Crippen LogP contribution in [-0.4, -0.2) is 153 Å². The number of phenolic OH excluding ortho intramolecular Hbond substituents is 3. The number of aliphatic hydroxyl groups is 3. The number of fused-ring (bicyclic) bond motifs is 6. The quantitative estimate of drug-likeness (QED) is 0.0285. The van der Waals surface area contributed by atoms with Crippen LogP contribution in [0.2, 0.25) is 0 Å². The third-order valence-electron chi connectivity index (χ3n) is 20.8. The van der Waals surface area contributed by atoms with Crippen LogP contribution in [0.5, 0.6) is 69.0 Å². The molecule has 9 aromatic carbocycles. The first-order valence-corrected chi connectivity index (χ1v) is 40.0. The van der Waals surface area contributed by atoms with E-state index in [0.717, 1.165) is 55.0 Å². The summed E-state index contributed by atoms with van der Waals surface area (Å²) in [7, 11) is 8.90. The molecule has 0 aliphatic carbocycles. The Morgan fingerprint density at radius 1 is 0.372 bits per heavy atom. The van der Waals surface area contributed by atoms with Gasteiger partial charge in [-0.15, -0.1) is 0 Å². The topological polar surface area (TPSA) is 393 Å². The SMILES string of the molecule is CC(=O)O.COc1ccc2nc(N3C(=O)C(=O)/C(=C(/O)c4ccc5c(c4)CC(C)O5)C3c3ccc(O)c(OC)c3)sc2c1.COc1ccc2nc(N3C(=O)C(=O)/C(=C(/O)c4ccc5c(c4)CC(C)O5)C3c3ccc(O)c(OC)c3)sc2c1.COc1ccc2nc(N3C(=O)C(=O)/C(=C(/O)c4ccc5c(c4)CC(C)O5)C3c3ccc(O)c(OC)c3)sc2c1. The summed E-state index contributed by atoms with van der Waals surface area (Å²) < 4.78 is 51.4. The number of hydrogen-bond donors (Lipinski definition) is 7. The highest BCUT2D eigenvalue weighted by molar-refractivity contribution is 7.23. The summed E-state index contributed by atoms with van der Waals surface area (Å²) in [6.07, 6.45) is 2.01. The fourth-order valence-corrected chi connectivity index (χ4v) is 18.2. The number of hydrogen-bond acceptors (Lipinski definition) is 28. The zero-order valence-electron chi connectivity index (χ0n) is 66.2. The maximum Gasteiger partial charge on any atom is 0.301 e. The molecular formula is C89H76N6O23S3. The van der Waals surface area contributed by atoms with Crippen molar-refractivity contribution < 1.29 is 112 Å². The van der Waals surface area contributed by atoms with Crippen LogP contribution in [0.15, 0.2) is 181 Å². The van der Waals surface area contributed by atoms with Crippen LogP contribution in [-0.2, 0) is 52.8 Å². The lowest BCUT2D eigenvalue weighted by Gasteiger charge is -2.23. The van der Waals surface area contributed by atoms with Crippen molar-refractivity contribution in [1.82, 2.24) is 15.0 Å². The third kappa shape index (κ3) is 15.5. The molecule has 12 aromatic rings. The standard InChI is InChI=1S/3C29H24N2O7S.C2H4O2/c3*1-14-10-17-11-16(5-9-21(17)38-14)26(33)24-25(15-4-8-20(32)22(12-15)37-3)31(28(35)27(24)34)29-30-19-7-6-18(36-2)13-23(19)39-29;1-2(3)4/h3*4-9,11-14,25,32-33H,10H2,1-3H3;1H3,(H,3,4)/b3*26-24+;. The van der Waals surface area contributed by atoms with E-state index in [1.54, 1.807) is 167 Å². The van der Waals surface area contributed by atoms with Gasteiger partial charge in [-0.1, -0.05) is 52.2 Å². The summed E-state index contributed by atoms with van der Waals surface area (Å²) >= 11 is 3.68. The lowest BCUT2D eigenvalue weighted by atomic mass is 9.94. The van der Waals surface area contributed by atoms with Gasteiger partial charge < -0.3 is 78.4 Å². The second-order valence-corrected chi connectivity index (χ2v) is 31.7. The normalized spacial score (nSPS) is 19.4. The van der Waals surface area contributed by atoms with Crippen LogP contribution in [0.4, 0.5) is 15.4 Å². The first-order chi connectivity index (χ1) is 58.1. The molecule has 3 amide bonds. The number of aromatic hydroxyl groups is 3. The number of carbonyl (C=O) groups excluding carboxylic acids is 6. The van der Waals surface area contributed by atoms with E-state index in [2.05, 4.69) is 15.0 Å². The van der Waals surface area contributed by atoms with E-state index in [9.17, 15) is 59.4 Å². The average molecular weight is 1690 g/mol. The fourth-order valence-electron chi connectivity index (χ4n) is 15.2. The van der Waals surface area contributed by atoms with Crippen LogP contribution in [0.1, 0.15) is 95.9 Å². The molecule has 18 rings (SSSR count). The predicted molar refractivity (Wildman–Crippen MR) is 451 cm³/mol. The molecule has 3 fully saturated rings. The number of phenols is 3. The van der Waals surface area contributed by atoms with Gasteiger partial charge in [-0.05, 0) is 200 Å². The van der Waals surface area contributed by atoms with Crippen LogP contribution in [0.3, 0.4) is 0 Å². The number of rotatable bonds is 15. The summed E-state index contributed by atoms with van der Waals surface area (Å²) in [5.74, 6) is -2.47. The molecule has 29 nitrogen and oxygen atoms in total. The Kier molecular flexibility index (Phi) is 22.5. The number of aromatic nitrogens is 3. The van der Waals surface area contributed by atoms with Crippen molar-refractivity contribution in [3.63, 3.8) is 0 Å². The number of anilines is 3. The number of ketones is 3. The molecule has 6 atom stereocenters. The number of ether oxygens (including phenoxy) is 9. The monoisotopic (exact) mass is 1690 g/mol. The first kappa shape index (κ1) is 81.9. The maximum atomic E-state index is 13.6. The number of amides is 3. The lowest BCUT2D eigenvalue weighted by Crippen LogP contribution is -2.29. The van der Waals surface area contributed by atoms with Crippen molar-refractivity contribution in [2.75, 3.05) is 57.4 Å². The van der Waals surface area contributed by atoms with Gasteiger partial charge in [0.25, 0.3) is 23.3 Å². The first-order valence-electron chi connectivity index (χ1n) is 37.6. The minimum Gasteiger partial charge on any atom is -0.507 e. The fraction of sp³-hybridized carbons (Fsp3) is 0.213. The van der Waals surface area contributed by atoms with Crippen molar-refractivity contribution in [1.29, 1.82) is 0 Å². The largest absolute Gasteiger partial charge is 0.507 e. The van der Waals surface area contributed by atoms with Gasteiger partial charge >= 0.3 is 17.7 Å². The molecule has 3 saturated heterocycles. The van der Waals surface area contributed by atoms with Crippen LogP contribution in [0, 0.1) is 0 Å². The number of methoxy groups -OCH3 is 6. The Morgan fingerprint density at radius 3 is 0.884 bits per heavy atom. The predicted octanol–water partition coefficient (Wildman–Crippen LogP) is 15.0. The minimum absolute atomic E-state index is 0.00472. The molecule has 0 saturated carbocycles. The van der Waals surface area contributed by atoms with Crippen molar-refractivity contribution in [2.45, 2.75) is 83.4 Å². The number of carbonyl (C=O) groups is 7. The number of nitrogens with zero attached hydrogens (tertiary/aromatic N) is 6. The second-order valence-electron chi connectivity index (χ2n) is 28.7. The molecule has 7 N–H and O–H groups in total. The molecule has 6 aliphatic heterocycles. The van der Waals surface area contributed by atoms with Gasteiger partial charge in [-0.3, -0.25) is 48.3 Å². The number of benzene rings is 9. The van der Waals surface area contributed by atoms with Crippen molar-refractivity contribution in [2.24, 2.45) is 0 Å². The number of aliphatic carboxylic acids is 1. The molecule has 6 unspecified atom stereocenters. The van der Waals surface area contributed by atoms with Gasteiger partial charge in [0.1, 0.15) is 70.1 Å². The van der Waals surface area contributed by atoms with Crippen LogP contribution >= 0.6 is 34.0 Å². The van der Waals surface area contributed by atoms with Gasteiger partial charge in [-0.25, -0.2) is 15.0 Å². The maximum absolute atomic E-state index is 13.6. The number of thiazole rings is 3. The molecule has 3 aromatic heterocycles. The van der Waals surface area contributed by atoms with Gasteiger partial charge in [0.2, 0.25) is 0 Å². The van der Waals surface area contributed by atoms with Gasteiger partial charge in [0.15, 0.2) is 49.9 Å². The molecular weight excluding hydrogens is 1620 g/mol. The van der Waals surface area contributed by atoms with E-state index in [4.69, 9.17) is 52.5 Å². The highest BCUT2D eigenvalue weighted by Gasteiger charge is 2.52. The van der Waals surface area contributed by atoms with Crippen LogP contribution < -0.4 is 57.3 Å². The molecule has 6 aliphatic rings. The van der Waals surface area contributed by atoms with E-state index >= 15 is 0 Å². The molecule has 121 heavy (non-hydrogen) atoms. The Labute approximate surface area is 701 Å². The Bertz CT molecular complexity index is 5790. The van der Waals surface area contributed by atoms with Crippen molar-refractivity contribution in [3.8, 4) is 69.0 Å². The zero-order valence-corrected chi connectivity index (χ0v) is 68.7. The Morgan fingerprint density at radius 2 is 0.636 bits per heavy atom. The summed E-state index contributed by atoms with van der Waals surface area (Å²) in [6.45, 7) is 6.95. The number of Topliss-reactive ketones (excluding diaryl/α,β-unsaturated/α-hetero) is 3. The van der Waals surface area contributed by atoms with Crippen molar-refractivity contribution in [3.05, 3.63) is 231 Å². The lowest BCUT2D eigenvalue weighted by molar-refractivity contribution is -0.134. The van der Waals surface area contributed by atoms with Crippen molar-refractivity contribution >= 4 is 138 Å². The van der Waals surface area contributed by atoms with Gasteiger partial charge in [0.05, 0.1) is 108 Å². The Balaban J connectivity index is 0.000000138. The molecule has 0 radical (unpaired) electrons. The molecule has 32 heteroatoms. The van der Waals surface area contributed by atoms with E-state index in [0.29, 0.717) is 86.4 Å². The van der Waals surface area contributed by atoms with E-state index in [1.807, 2.05) is 20.8 Å². The van der Waals surface area contributed by atoms with Crippen LogP contribution in [0.25, 0.3) is 47.9 Å². The van der Waals surface area contributed by atoms with Gasteiger partial charge in [-0.2, -0.15) is 0 Å². The van der Waals surface area contributed by atoms with E-state index < -0.39 is 59.2 Å². The summed E-state index contributed by atoms with van der Waals surface area (Å²) in [5, 5.41) is 73.4. The second kappa shape index (κ2) is 33.3. The highest BCUT2D eigenvalue weighted by Crippen LogP contribution is 2.52. The third-order valence-corrected chi connectivity index (χ3v) is 23.8. The highest BCUT2D eigenvalue weighted by atomic mass is 32.1.